The second-order valence-corrected chi connectivity index (χ2v) is 6.99. The lowest BCUT2D eigenvalue weighted by Gasteiger charge is -2.31. The highest BCUT2D eigenvalue weighted by Crippen LogP contribution is 2.50. The average Bonchev–Trinajstić information content (AvgIpc) is 2.92. The molecule has 0 saturated heterocycles. The third kappa shape index (κ3) is 3.35. The molecule has 0 fully saturated rings. The van der Waals surface area contributed by atoms with Crippen molar-refractivity contribution in [3.05, 3.63) is 75.3 Å². The second kappa shape index (κ2) is 6.69. The summed E-state index contributed by atoms with van der Waals surface area (Å²) in [7, 11) is 1.42. The van der Waals surface area contributed by atoms with Crippen LogP contribution in [0.2, 0.25) is 5.02 Å². The number of carbonyl (C=O) groups is 1. The SMILES string of the molecule is Cc1cc(Cl)cc(C2(C(F)(F)F)C=C(c3ccc(C=O)c(C)c3)N(C)O2)c1. The summed E-state index contributed by atoms with van der Waals surface area (Å²) in [5.74, 6) is 0. The van der Waals surface area contributed by atoms with Gasteiger partial charge in [-0.2, -0.15) is 13.2 Å². The molecule has 3 nitrogen and oxygen atoms in total. The van der Waals surface area contributed by atoms with E-state index in [-0.39, 0.29) is 16.3 Å². The van der Waals surface area contributed by atoms with E-state index < -0.39 is 11.8 Å². The number of carbonyl (C=O) groups excluding carboxylic acids is 1. The van der Waals surface area contributed by atoms with Gasteiger partial charge in [0, 0.05) is 28.8 Å². The normalized spacial score (nSPS) is 20.0. The Labute approximate surface area is 160 Å². The zero-order valence-electron chi connectivity index (χ0n) is 14.9. The minimum atomic E-state index is -4.71. The van der Waals surface area contributed by atoms with Gasteiger partial charge in [0.1, 0.15) is 6.29 Å². The van der Waals surface area contributed by atoms with E-state index in [0.717, 1.165) is 11.1 Å². The van der Waals surface area contributed by atoms with Crippen LogP contribution in [0.5, 0.6) is 0 Å². The number of hydrogen-bond donors (Lipinski definition) is 0. The molecule has 1 atom stereocenters. The van der Waals surface area contributed by atoms with Gasteiger partial charge in [-0.25, -0.2) is 4.84 Å². The van der Waals surface area contributed by atoms with Gasteiger partial charge in [0.2, 0.25) is 5.60 Å². The highest BCUT2D eigenvalue weighted by molar-refractivity contribution is 6.30. The summed E-state index contributed by atoms with van der Waals surface area (Å²) < 4.78 is 42.4. The fourth-order valence-electron chi connectivity index (χ4n) is 3.19. The lowest BCUT2D eigenvalue weighted by Crippen LogP contribution is -2.42. The molecule has 0 spiro atoms. The summed E-state index contributed by atoms with van der Waals surface area (Å²) >= 11 is 5.99. The lowest BCUT2D eigenvalue weighted by molar-refractivity contribution is -0.308. The van der Waals surface area contributed by atoms with Gasteiger partial charge in [-0.1, -0.05) is 29.8 Å². The Hall–Kier alpha value is -2.31. The first kappa shape index (κ1) is 19.5. The van der Waals surface area contributed by atoms with Crippen LogP contribution in [0.25, 0.3) is 5.70 Å². The maximum Gasteiger partial charge on any atom is 0.428 e. The molecule has 0 bridgehead atoms. The van der Waals surface area contributed by atoms with Crippen LogP contribution in [0, 0.1) is 13.8 Å². The Morgan fingerprint density at radius 2 is 1.85 bits per heavy atom. The largest absolute Gasteiger partial charge is 0.428 e. The molecule has 0 N–H and O–H groups in total. The molecule has 0 aromatic heterocycles. The third-order valence-corrected chi connectivity index (χ3v) is 4.76. The number of aldehydes is 1. The average molecular weight is 396 g/mol. The molecule has 1 aliphatic heterocycles. The van der Waals surface area contributed by atoms with Crippen LogP contribution < -0.4 is 0 Å². The molecule has 0 aliphatic carbocycles. The van der Waals surface area contributed by atoms with Crippen LogP contribution in [0.3, 0.4) is 0 Å². The van der Waals surface area contributed by atoms with Gasteiger partial charge < -0.3 is 0 Å². The molecular formula is C20H17ClF3NO2. The quantitative estimate of drug-likeness (QED) is 0.648. The summed E-state index contributed by atoms with van der Waals surface area (Å²) in [6, 6.07) is 9.08. The Bertz CT molecular complexity index is 919. The van der Waals surface area contributed by atoms with E-state index in [9.17, 15) is 18.0 Å². The molecule has 1 heterocycles. The highest BCUT2D eigenvalue weighted by Gasteiger charge is 2.60. The summed E-state index contributed by atoms with van der Waals surface area (Å²) in [6.45, 7) is 3.39. The predicted molar refractivity (Wildman–Crippen MR) is 97.3 cm³/mol. The summed E-state index contributed by atoms with van der Waals surface area (Å²) in [6.07, 6.45) is -2.96. The molecule has 1 aliphatic rings. The molecule has 0 saturated carbocycles. The number of benzene rings is 2. The zero-order valence-corrected chi connectivity index (χ0v) is 15.7. The maximum absolute atomic E-state index is 14.1. The van der Waals surface area contributed by atoms with Crippen LogP contribution in [-0.4, -0.2) is 24.6 Å². The molecule has 0 radical (unpaired) electrons. The molecule has 142 valence electrons. The lowest BCUT2D eigenvalue weighted by atomic mass is 9.90. The minimum Gasteiger partial charge on any atom is -0.298 e. The van der Waals surface area contributed by atoms with Crippen LogP contribution in [0.1, 0.15) is 32.6 Å². The highest BCUT2D eigenvalue weighted by atomic mass is 35.5. The molecule has 1 unspecified atom stereocenters. The number of hydrogen-bond acceptors (Lipinski definition) is 3. The van der Waals surface area contributed by atoms with Crippen molar-refractivity contribution in [2.24, 2.45) is 0 Å². The van der Waals surface area contributed by atoms with Gasteiger partial charge in [-0.05, 0) is 49.2 Å². The van der Waals surface area contributed by atoms with E-state index in [0.29, 0.717) is 28.5 Å². The van der Waals surface area contributed by atoms with E-state index in [2.05, 4.69) is 0 Å². The number of alkyl halides is 3. The zero-order chi connectivity index (χ0) is 20.0. The van der Waals surface area contributed by atoms with E-state index >= 15 is 0 Å². The van der Waals surface area contributed by atoms with Crippen molar-refractivity contribution in [3.63, 3.8) is 0 Å². The first-order valence-corrected chi connectivity index (χ1v) is 8.51. The van der Waals surface area contributed by atoms with E-state index in [4.69, 9.17) is 16.4 Å². The minimum absolute atomic E-state index is 0.0944. The number of hydroxylamine groups is 2. The van der Waals surface area contributed by atoms with Gasteiger partial charge in [-0.15, -0.1) is 0 Å². The molecule has 2 aromatic carbocycles. The van der Waals surface area contributed by atoms with Crippen molar-refractivity contribution in [1.29, 1.82) is 0 Å². The first-order chi connectivity index (χ1) is 12.6. The summed E-state index contributed by atoms with van der Waals surface area (Å²) in [5.41, 5.74) is -0.225. The first-order valence-electron chi connectivity index (χ1n) is 8.14. The van der Waals surface area contributed by atoms with Crippen molar-refractivity contribution < 1.29 is 22.8 Å². The van der Waals surface area contributed by atoms with Crippen molar-refractivity contribution >= 4 is 23.6 Å². The Balaban J connectivity index is 2.19. The van der Waals surface area contributed by atoms with Crippen LogP contribution in [0.15, 0.2) is 42.5 Å². The summed E-state index contributed by atoms with van der Waals surface area (Å²) in [5, 5.41) is 1.30. The van der Waals surface area contributed by atoms with Gasteiger partial charge in [-0.3, -0.25) is 9.86 Å². The standard InChI is InChI=1S/C20H17ClF3NO2/c1-12-6-16(9-17(21)7-12)19(20(22,23)24)10-18(25(3)27-19)14-4-5-15(11-26)13(2)8-14/h4-11H,1-3H3. The van der Waals surface area contributed by atoms with Gasteiger partial charge in [0.05, 0.1) is 5.70 Å². The van der Waals surface area contributed by atoms with Gasteiger partial charge in [0.15, 0.2) is 0 Å². The van der Waals surface area contributed by atoms with E-state index in [1.165, 1.54) is 19.2 Å². The van der Waals surface area contributed by atoms with E-state index in [1.54, 1.807) is 38.1 Å². The summed E-state index contributed by atoms with van der Waals surface area (Å²) in [4.78, 5) is 16.4. The smallest absolute Gasteiger partial charge is 0.298 e. The van der Waals surface area contributed by atoms with Gasteiger partial charge >= 0.3 is 6.18 Å². The number of halogens is 4. The Morgan fingerprint density at radius 3 is 2.41 bits per heavy atom. The van der Waals surface area contributed by atoms with Crippen LogP contribution in [-0.2, 0) is 10.4 Å². The molecule has 3 rings (SSSR count). The van der Waals surface area contributed by atoms with Crippen LogP contribution >= 0.6 is 11.6 Å². The molecule has 0 amide bonds. The fourth-order valence-corrected chi connectivity index (χ4v) is 3.48. The predicted octanol–water partition coefficient (Wildman–Crippen LogP) is 5.45. The Morgan fingerprint density at radius 1 is 1.15 bits per heavy atom. The number of rotatable bonds is 3. The molecule has 7 heteroatoms. The topological polar surface area (TPSA) is 29.5 Å². The van der Waals surface area contributed by atoms with Crippen molar-refractivity contribution in [2.45, 2.75) is 25.6 Å². The third-order valence-electron chi connectivity index (χ3n) is 4.54. The van der Waals surface area contributed by atoms with Crippen LogP contribution in [0.4, 0.5) is 13.2 Å². The second-order valence-electron chi connectivity index (χ2n) is 6.56. The van der Waals surface area contributed by atoms with Crippen molar-refractivity contribution in [2.75, 3.05) is 7.05 Å². The molecular weight excluding hydrogens is 379 g/mol. The monoisotopic (exact) mass is 395 g/mol. The Kier molecular flexibility index (Phi) is 4.82. The van der Waals surface area contributed by atoms with E-state index in [1.807, 2.05) is 0 Å². The maximum atomic E-state index is 14.1. The van der Waals surface area contributed by atoms with Crippen molar-refractivity contribution in [1.82, 2.24) is 5.06 Å². The number of aryl methyl sites for hydroxylation is 2. The molecule has 27 heavy (non-hydrogen) atoms. The van der Waals surface area contributed by atoms with Gasteiger partial charge in [0.25, 0.3) is 0 Å². The fraction of sp³-hybridized carbons (Fsp3) is 0.250. The molecule has 2 aromatic rings. The number of nitrogens with zero attached hydrogens (tertiary/aromatic N) is 1. The van der Waals surface area contributed by atoms with Crippen molar-refractivity contribution in [3.8, 4) is 0 Å².